The summed E-state index contributed by atoms with van der Waals surface area (Å²) < 4.78 is 4.97. The van der Waals surface area contributed by atoms with E-state index in [0.29, 0.717) is 29.6 Å². The number of amides is 1. The Hall–Kier alpha value is -1.36. The first-order valence-corrected chi connectivity index (χ1v) is 6.13. The van der Waals surface area contributed by atoms with Crippen LogP contribution >= 0.6 is 0 Å². The van der Waals surface area contributed by atoms with E-state index in [1.54, 1.807) is 13.8 Å². The molecular weight excluding hydrogens is 218 g/mol. The molecule has 1 aliphatic rings. The van der Waals surface area contributed by atoms with E-state index in [-0.39, 0.29) is 5.91 Å². The van der Waals surface area contributed by atoms with Crippen LogP contribution in [0.5, 0.6) is 0 Å². The van der Waals surface area contributed by atoms with E-state index in [0.717, 1.165) is 13.0 Å². The van der Waals surface area contributed by atoms with Crippen molar-refractivity contribution in [1.29, 1.82) is 0 Å². The fourth-order valence-corrected chi connectivity index (χ4v) is 2.26. The Morgan fingerprint density at radius 1 is 1.59 bits per heavy atom. The molecule has 2 N–H and O–H groups in total. The largest absolute Gasteiger partial charge is 0.361 e. The van der Waals surface area contributed by atoms with Crippen LogP contribution in [0.25, 0.3) is 0 Å². The molecule has 0 aromatic carbocycles. The Morgan fingerprint density at radius 2 is 2.41 bits per heavy atom. The van der Waals surface area contributed by atoms with Crippen LogP contribution in [0.4, 0.5) is 0 Å². The van der Waals surface area contributed by atoms with Gasteiger partial charge in [-0.25, -0.2) is 0 Å². The molecule has 1 amide bonds. The number of nitrogens with zero attached hydrogens (tertiary/aromatic N) is 1. The predicted octanol–water partition coefficient (Wildman–Crippen LogP) is 1.16. The summed E-state index contributed by atoms with van der Waals surface area (Å²) in [5.74, 6) is 0.498. The van der Waals surface area contributed by atoms with Gasteiger partial charge in [0.1, 0.15) is 11.3 Å². The smallest absolute Gasteiger partial charge is 0.256 e. The molecule has 94 valence electrons. The number of hydrogen-bond acceptors (Lipinski definition) is 4. The van der Waals surface area contributed by atoms with Gasteiger partial charge in [-0.3, -0.25) is 4.79 Å². The maximum Gasteiger partial charge on any atom is 0.256 e. The van der Waals surface area contributed by atoms with E-state index in [2.05, 4.69) is 15.8 Å². The Balaban J connectivity index is 1.81. The van der Waals surface area contributed by atoms with Crippen molar-refractivity contribution in [1.82, 2.24) is 15.8 Å². The molecule has 0 spiro atoms. The molecule has 0 radical (unpaired) electrons. The monoisotopic (exact) mass is 237 g/mol. The minimum Gasteiger partial charge on any atom is -0.361 e. The van der Waals surface area contributed by atoms with Crippen molar-refractivity contribution < 1.29 is 9.32 Å². The third-order valence-electron chi connectivity index (χ3n) is 3.20. The fraction of sp³-hybridized carbons (Fsp3) is 0.667. The van der Waals surface area contributed by atoms with Crippen LogP contribution < -0.4 is 10.6 Å². The minimum absolute atomic E-state index is 0.0840. The number of hydrogen-bond donors (Lipinski definition) is 2. The zero-order valence-corrected chi connectivity index (χ0v) is 10.4. The van der Waals surface area contributed by atoms with Crippen molar-refractivity contribution in [3.05, 3.63) is 17.0 Å². The van der Waals surface area contributed by atoms with Crippen molar-refractivity contribution in [2.75, 3.05) is 13.1 Å². The highest BCUT2D eigenvalue weighted by Gasteiger charge is 2.18. The summed E-state index contributed by atoms with van der Waals surface area (Å²) in [6.45, 7) is 5.33. The maximum atomic E-state index is 11.9. The van der Waals surface area contributed by atoms with Crippen LogP contribution in [0.1, 0.15) is 41.1 Å². The van der Waals surface area contributed by atoms with Crippen LogP contribution in [0.15, 0.2) is 4.52 Å². The van der Waals surface area contributed by atoms with Crippen molar-refractivity contribution in [3.8, 4) is 0 Å². The van der Waals surface area contributed by atoms with Gasteiger partial charge in [-0.1, -0.05) is 5.16 Å². The van der Waals surface area contributed by atoms with Gasteiger partial charge in [0.05, 0.1) is 5.69 Å². The normalized spacial score (nSPS) is 19.5. The number of aromatic nitrogens is 1. The Bertz CT molecular complexity index is 375. The molecule has 2 heterocycles. The number of rotatable bonds is 4. The van der Waals surface area contributed by atoms with Gasteiger partial charge in [0.25, 0.3) is 5.91 Å². The van der Waals surface area contributed by atoms with Crippen molar-refractivity contribution in [3.63, 3.8) is 0 Å². The van der Waals surface area contributed by atoms with Crippen LogP contribution in [0.3, 0.4) is 0 Å². The Labute approximate surface area is 101 Å². The lowest BCUT2D eigenvalue weighted by Gasteiger charge is -2.10. The van der Waals surface area contributed by atoms with E-state index < -0.39 is 0 Å². The van der Waals surface area contributed by atoms with Gasteiger partial charge < -0.3 is 15.2 Å². The van der Waals surface area contributed by atoms with Crippen molar-refractivity contribution in [2.45, 2.75) is 39.2 Å². The summed E-state index contributed by atoms with van der Waals surface area (Å²) in [6, 6.07) is 0.556. The summed E-state index contributed by atoms with van der Waals surface area (Å²) in [5, 5.41) is 10.1. The molecule has 1 fully saturated rings. The Kier molecular flexibility index (Phi) is 3.78. The van der Waals surface area contributed by atoms with Crippen molar-refractivity contribution in [2.24, 2.45) is 0 Å². The second kappa shape index (κ2) is 5.31. The summed E-state index contributed by atoms with van der Waals surface area (Å²) >= 11 is 0. The molecule has 0 aliphatic carbocycles. The zero-order chi connectivity index (χ0) is 12.3. The van der Waals surface area contributed by atoms with Crippen LogP contribution in [-0.2, 0) is 0 Å². The van der Waals surface area contributed by atoms with Crippen LogP contribution in [0, 0.1) is 13.8 Å². The maximum absolute atomic E-state index is 11.9. The Morgan fingerprint density at radius 3 is 3.00 bits per heavy atom. The first-order chi connectivity index (χ1) is 8.18. The van der Waals surface area contributed by atoms with Gasteiger partial charge in [0.15, 0.2) is 0 Å². The van der Waals surface area contributed by atoms with E-state index in [1.165, 1.54) is 12.8 Å². The average molecular weight is 237 g/mol. The van der Waals surface area contributed by atoms with E-state index >= 15 is 0 Å². The molecule has 5 nitrogen and oxygen atoms in total. The van der Waals surface area contributed by atoms with Gasteiger partial charge >= 0.3 is 0 Å². The molecule has 1 saturated heterocycles. The fourth-order valence-electron chi connectivity index (χ4n) is 2.26. The van der Waals surface area contributed by atoms with E-state index in [1.807, 2.05) is 0 Å². The zero-order valence-electron chi connectivity index (χ0n) is 10.4. The molecule has 1 aliphatic heterocycles. The lowest BCUT2D eigenvalue weighted by Crippen LogP contribution is -2.31. The lowest BCUT2D eigenvalue weighted by atomic mass is 10.1. The number of aryl methyl sites for hydroxylation is 2. The summed E-state index contributed by atoms with van der Waals surface area (Å²) in [7, 11) is 0. The quantitative estimate of drug-likeness (QED) is 0.824. The average Bonchev–Trinajstić information content (AvgIpc) is 2.89. The number of carbonyl (C=O) groups is 1. The molecule has 17 heavy (non-hydrogen) atoms. The lowest BCUT2D eigenvalue weighted by molar-refractivity contribution is 0.0950. The molecule has 0 bridgehead atoms. The van der Waals surface area contributed by atoms with Crippen molar-refractivity contribution >= 4 is 5.91 Å². The minimum atomic E-state index is -0.0840. The third kappa shape index (κ3) is 2.85. The van der Waals surface area contributed by atoms with Gasteiger partial charge in [-0.05, 0) is 39.7 Å². The molecule has 5 heteroatoms. The first-order valence-electron chi connectivity index (χ1n) is 6.13. The topological polar surface area (TPSA) is 67.2 Å². The highest BCUT2D eigenvalue weighted by molar-refractivity contribution is 5.96. The van der Waals surface area contributed by atoms with Gasteiger partial charge in [0.2, 0.25) is 0 Å². The number of carbonyl (C=O) groups excluding carboxylic acids is 1. The van der Waals surface area contributed by atoms with Gasteiger partial charge in [0, 0.05) is 12.6 Å². The predicted molar refractivity (Wildman–Crippen MR) is 64.0 cm³/mol. The standard InChI is InChI=1S/C12H19N3O2/c1-8-11(9(2)17-15-8)12(16)14-7-5-10-4-3-6-13-10/h10,13H,3-7H2,1-2H3,(H,14,16). The first kappa shape index (κ1) is 12.1. The summed E-state index contributed by atoms with van der Waals surface area (Å²) in [4.78, 5) is 11.9. The molecule has 2 rings (SSSR count). The molecular formula is C12H19N3O2. The summed E-state index contributed by atoms with van der Waals surface area (Å²) in [6.07, 6.45) is 3.43. The summed E-state index contributed by atoms with van der Waals surface area (Å²) in [5.41, 5.74) is 1.23. The van der Waals surface area contributed by atoms with Gasteiger partial charge in [-0.2, -0.15) is 0 Å². The molecule has 0 saturated carbocycles. The van der Waals surface area contributed by atoms with Gasteiger partial charge in [-0.15, -0.1) is 0 Å². The molecule has 1 atom stereocenters. The second-order valence-electron chi connectivity index (χ2n) is 4.54. The van der Waals surface area contributed by atoms with Crippen LogP contribution in [-0.4, -0.2) is 30.2 Å². The molecule has 1 aromatic rings. The SMILES string of the molecule is Cc1noc(C)c1C(=O)NCCC1CCCN1. The second-order valence-corrected chi connectivity index (χ2v) is 4.54. The number of nitrogens with one attached hydrogen (secondary N) is 2. The third-order valence-corrected chi connectivity index (χ3v) is 3.20. The molecule has 1 unspecified atom stereocenters. The highest BCUT2D eigenvalue weighted by Crippen LogP contribution is 2.12. The highest BCUT2D eigenvalue weighted by atomic mass is 16.5. The van der Waals surface area contributed by atoms with Crippen LogP contribution in [0.2, 0.25) is 0 Å². The van der Waals surface area contributed by atoms with E-state index in [9.17, 15) is 4.79 Å². The molecule has 1 aromatic heterocycles. The van der Waals surface area contributed by atoms with E-state index in [4.69, 9.17) is 4.52 Å².